The van der Waals surface area contributed by atoms with Crippen molar-refractivity contribution in [3.8, 4) is 11.4 Å². The third-order valence-electron chi connectivity index (χ3n) is 5.24. The molecule has 1 unspecified atom stereocenters. The van der Waals surface area contributed by atoms with Gasteiger partial charge in [-0.15, -0.1) is 0 Å². The molecule has 0 fully saturated rings. The molecule has 1 atom stereocenters. The Labute approximate surface area is 206 Å². The zero-order valence-electron chi connectivity index (χ0n) is 19.2. The van der Waals surface area contributed by atoms with Crippen molar-refractivity contribution >= 4 is 34.6 Å². The van der Waals surface area contributed by atoms with Gasteiger partial charge in [0.2, 0.25) is 5.91 Å². The molecule has 2 N–H and O–H groups in total. The molecule has 0 aliphatic heterocycles. The Morgan fingerprint density at radius 3 is 2.54 bits per heavy atom. The molecule has 1 aromatic heterocycles. The van der Waals surface area contributed by atoms with Crippen LogP contribution in [0.2, 0.25) is 0 Å². The Morgan fingerprint density at radius 1 is 1.03 bits per heavy atom. The van der Waals surface area contributed by atoms with E-state index in [0.29, 0.717) is 34.0 Å². The molecule has 3 amide bonds. The fourth-order valence-electron chi connectivity index (χ4n) is 3.42. The quantitative estimate of drug-likeness (QED) is 0.302. The van der Waals surface area contributed by atoms with E-state index in [1.54, 1.807) is 62.6 Å². The van der Waals surface area contributed by atoms with Gasteiger partial charge in [-0.2, -0.15) is 0 Å². The number of imide groups is 1. The minimum absolute atomic E-state index is 0.264. The number of hydrogen-bond donors (Lipinski definition) is 2. The van der Waals surface area contributed by atoms with Crippen LogP contribution in [0.15, 0.2) is 88.8 Å². The molecule has 0 aliphatic carbocycles. The lowest BCUT2D eigenvalue weighted by atomic mass is 10.2. The summed E-state index contributed by atoms with van der Waals surface area (Å²) in [5.74, 6) is 0.0829. The molecular weight excluding hydrogens is 464 g/mol. The molecule has 0 saturated heterocycles. The molecule has 4 rings (SSSR count). The van der Waals surface area contributed by atoms with Crippen LogP contribution in [0, 0.1) is 0 Å². The number of carbonyl (C=O) groups is 2. The summed E-state index contributed by atoms with van der Waals surface area (Å²) in [6.07, 6.45) is 0. The Hall–Kier alpha value is -4.11. The van der Waals surface area contributed by atoms with Crippen LogP contribution in [0.25, 0.3) is 16.6 Å². The first kappa shape index (κ1) is 24.0. The topological polar surface area (TPSA) is 102 Å². The van der Waals surface area contributed by atoms with Gasteiger partial charge in [-0.25, -0.2) is 9.78 Å². The van der Waals surface area contributed by atoms with Gasteiger partial charge in [0, 0.05) is 12.6 Å². The van der Waals surface area contributed by atoms with Crippen LogP contribution >= 0.6 is 11.8 Å². The number of benzene rings is 3. The molecule has 4 aromatic rings. The third kappa shape index (κ3) is 5.70. The maximum absolute atomic E-state index is 13.4. The van der Waals surface area contributed by atoms with E-state index in [1.165, 1.54) is 4.57 Å². The second-order valence-corrected chi connectivity index (χ2v) is 8.98. The van der Waals surface area contributed by atoms with Gasteiger partial charge in [-0.1, -0.05) is 60.3 Å². The summed E-state index contributed by atoms with van der Waals surface area (Å²) < 4.78 is 6.76. The summed E-state index contributed by atoms with van der Waals surface area (Å²) >= 11 is 1.09. The van der Waals surface area contributed by atoms with E-state index >= 15 is 0 Å². The first-order chi connectivity index (χ1) is 17.0. The second kappa shape index (κ2) is 10.9. The lowest BCUT2D eigenvalue weighted by Gasteiger charge is -2.17. The van der Waals surface area contributed by atoms with E-state index in [2.05, 4.69) is 15.6 Å². The first-order valence-electron chi connectivity index (χ1n) is 10.9. The Morgan fingerprint density at radius 2 is 1.77 bits per heavy atom. The molecule has 0 radical (unpaired) electrons. The molecule has 8 nitrogen and oxygen atoms in total. The first-order valence-corrected chi connectivity index (χ1v) is 11.8. The third-order valence-corrected chi connectivity index (χ3v) is 6.29. The number of methoxy groups -OCH3 is 1. The van der Waals surface area contributed by atoms with Crippen LogP contribution in [-0.2, 0) is 11.3 Å². The molecule has 0 saturated carbocycles. The SMILES string of the molecule is COc1cccc(-n2c(SC(C)C(=O)NC(=O)NCc3ccccc3)nc3ccccc3c2=O)c1. The van der Waals surface area contributed by atoms with Crippen LogP contribution in [-0.4, -0.2) is 33.8 Å². The molecule has 3 aromatic carbocycles. The van der Waals surface area contributed by atoms with Crippen LogP contribution in [0.5, 0.6) is 5.75 Å². The van der Waals surface area contributed by atoms with Crippen molar-refractivity contribution in [2.45, 2.75) is 23.9 Å². The zero-order chi connectivity index (χ0) is 24.8. The van der Waals surface area contributed by atoms with Gasteiger partial charge < -0.3 is 10.1 Å². The number of aromatic nitrogens is 2. The molecule has 9 heteroatoms. The molecule has 0 spiro atoms. The number of thioether (sulfide) groups is 1. The summed E-state index contributed by atoms with van der Waals surface area (Å²) in [4.78, 5) is 43.0. The number of para-hydroxylation sites is 1. The highest BCUT2D eigenvalue weighted by Crippen LogP contribution is 2.26. The highest BCUT2D eigenvalue weighted by atomic mass is 32.2. The standard InChI is InChI=1S/C26H24N4O4S/c1-17(23(31)29-25(33)27-16-18-9-4-3-5-10-18)35-26-28-22-14-7-6-13-21(22)24(32)30(26)19-11-8-12-20(15-19)34-2/h3-15,17H,16H2,1-2H3,(H2,27,29,31,33). The fourth-order valence-corrected chi connectivity index (χ4v) is 4.34. The van der Waals surface area contributed by atoms with E-state index in [9.17, 15) is 14.4 Å². The van der Waals surface area contributed by atoms with E-state index in [4.69, 9.17) is 4.74 Å². The second-order valence-electron chi connectivity index (χ2n) is 7.67. The van der Waals surface area contributed by atoms with E-state index < -0.39 is 17.2 Å². The predicted molar refractivity (Wildman–Crippen MR) is 136 cm³/mol. The minimum atomic E-state index is -0.706. The van der Waals surface area contributed by atoms with Gasteiger partial charge in [0.1, 0.15) is 5.75 Å². The Kier molecular flexibility index (Phi) is 7.47. The van der Waals surface area contributed by atoms with Gasteiger partial charge in [-0.05, 0) is 36.8 Å². The van der Waals surface area contributed by atoms with Gasteiger partial charge in [0.25, 0.3) is 5.56 Å². The van der Waals surface area contributed by atoms with Crippen LogP contribution in [0.4, 0.5) is 4.79 Å². The zero-order valence-corrected chi connectivity index (χ0v) is 20.0. The maximum atomic E-state index is 13.4. The summed E-state index contributed by atoms with van der Waals surface area (Å²) in [6, 6.07) is 22.9. The fraction of sp³-hybridized carbons (Fsp3) is 0.154. The molecule has 178 valence electrons. The molecule has 35 heavy (non-hydrogen) atoms. The van der Waals surface area contributed by atoms with Crippen LogP contribution in [0.1, 0.15) is 12.5 Å². The lowest BCUT2D eigenvalue weighted by Crippen LogP contribution is -2.42. The van der Waals surface area contributed by atoms with Crippen molar-refractivity contribution < 1.29 is 14.3 Å². The minimum Gasteiger partial charge on any atom is -0.497 e. The average Bonchev–Trinajstić information content (AvgIpc) is 2.88. The molecule has 1 heterocycles. The predicted octanol–water partition coefficient (Wildman–Crippen LogP) is 3.90. The molecular formula is C26H24N4O4S. The number of rotatable bonds is 7. The average molecular weight is 489 g/mol. The van der Waals surface area contributed by atoms with E-state index in [-0.39, 0.29) is 5.56 Å². The van der Waals surface area contributed by atoms with Crippen molar-refractivity contribution in [3.63, 3.8) is 0 Å². The summed E-state index contributed by atoms with van der Waals surface area (Å²) in [5, 5.41) is 5.10. The number of nitrogens with one attached hydrogen (secondary N) is 2. The highest BCUT2D eigenvalue weighted by Gasteiger charge is 2.22. The number of ether oxygens (including phenoxy) is 1. The lowest BCUT2D eigenvalue weighted by molar-refractivity contribution is -0.119. The number of hydrogen-bond acceptors (Lipinski definition) is 6. The Balaban J connectivity index is 1.57. The number of carbonyl (C=O) groups excluding carboxylic acids is 2. The summed E-state index contributed by atoms with van der Waals surface area (Å²) in [5.41, 5.74) is 1.73. The summed E-state index contributed by atoms with van der Waals surface area (Å²) in [6.45, 7) is 1.95. The number of nitrogens with zero attached hydrogens (tertiary/aromatic N) is 2. The van der Waals surface area contributed by atoms with Crippen molar-refractivity contribution in [3.05, 3.63) is 94.8 Å². The van der Waals surface area contributed by atoms with Crippen LogP contribution < -0.4 is 20.9 Å². The Bertz CT molecular complexity index is 1420. The van der Waals surface area contributed by atoms with Gasteiger partial charge in [0.05, 0.1) is 29.0 Å². The van der Waals surface area contributed by atoms with Gasteiger partial charge in [0.15, 0.2) is 5.16 Å². The van der Waals surface area contributed by atoms with Crippen molar-refractivity contribution in [2.75, 3.05) is 7.11 Å². The highest BCUT2D eigenvalue weighted by molar-refractivity contribution is 8.00. The summed E-state index contributed by atoms with van der Waals surface area (Å²) in [7, 11) is 1.55. The van der Waals surface area contributed by atoms with E-state index in [1.807, 2.05) is 30.3 Å². The molecule has 0 aliphatic rings. The number of urea groups is 1. The van der Waals surface area contributed by atoms with Crippen molar-refractivity contribution in [2.24, 2.45) is 0 Å². The number of fused-ring (bicyclic) bond motifs is 1. The molecule has 0 bridgehead atoms. The number of amides is 3. The normalized spacial score (nSPS) is 11.6. The maximum Gasteiger partial charge on any atom is 0.321 e. The smallest absolute Gasteiger partial charge is 0.321 e. The van der Waals surface area contributed by atoms with Crippen LogP contribution in [0.3, 0.4) is 0 Å². The van der Waals surface area contributed by atoms with Gasteiger partial charge >= 0.3 is 6.03 Å². The van der Waals surface area contributed by atoms with Crippen molar-refractivity contribution in [1.82, 2.24) is 20.2 Å². The van der Waals surface area contributed by atoms with E-state index in [0.717, 1.165) is 17.3 Å². The monoisotopic (exact) mass is 488 g/mol. The largest absolute Gasteiger partial charge is 0.497 e. The van der Waals surface area contributed by atoms with Gasteiger partial charge in [-0.3, -0.25) is 19.5 Å². The van der Waals surface area contributed by atoms with Crippen molar-refractivity contribution in [1.29, 1.82) is 0 Å².